The van der Waals surface area contributed by atoms with Crippen molar-refractivity contribution in [1.29, 1.82) is 5.41 Å². The van der Waals surface area contributed by atoms with Crippen LogP contribution in [-0.4, -0.2) is 51.8 Å². The molecule has 0 spiro atoms. The van der Waals surface area contributed by atoms with E-state index in [9.17, 15) is 18.0 Å². The lowest BCUT2D eigenvalue weighted by Gasteiger charge is -2.29. The number of rotatable bonds is 7. The molecule has 1 unspecified atom stereocenters. The molecule has 3 N–H and O–H groups in total. The number of carbonyl (C=O) groups excluding carboxylic acids is 1. The van der Waals surface area contributed by atoms with Gasteiger partial charge in [-0.15, -0.1) is 0 Å². The van der Waals surface area contributed by atoms with Crippen molar-refractivity contribution in [3.8, 4) is 0 Å². The Kier molecular flexibility index (Phi) is 7.92. The Bertz CT molecular complexity index is 837. The highest BCUT2D eigenvalue weighted by molar-refractivity contribution is 6.36. The van der Waals surface area contributed by atoms with E-state index in [4.69, 9.17) is 14.9 Å². The molecule has 1 saturated heterocycles. The first kappa shape index (κ1) is 25.6. The SMILES string of the molecule is CC(C)(Cn1nc(C(F)(F)F)cc1/C(C=N)=N/NC1CCCCO1)NC(=O)OC(C)(C)C. The van der Waals surface area contributed by atoms with Crippen LogP contribution in [0.15, 0.2) is 11.2 Å². The third kappa shape index (κ3) is 7.81. The number of halogens is 3. The van der Waals surface area contributed by atoms with Crippen LogP contribution >= 0.6 is 0 Å². The smallest absolute Gasteiger partial charge is 0.435 e. The standard InChI is InChI=1S/C20H31F3N6O3/c1-18(2,3)32-17(30)25-19(4,5)12-29-14(10-15(28-29)20(21,22)23)13(11-24)26-27-16-8-6-7-9-31-16/h10-11,16,24,27H,6-9,12H2,1-5H3,(H,25,30)/b24-11?,26-13+. The average Bonchev–Trinajstić information content (AvgIpc) is 3.04. The molecular weight excluding hydrogens is 429 g/mol. The molecule has 1 aliphatic rings. The third-order valence-electron chi connectivity index (χ3n) is 4.36. The maximum atomic E-state index is 13.4. The number of hydrogen-bond donors (Lipinski definition) is 3. The second-order valence-corrected chi connectivity index (χ2v) is 9.21. The molecule has 0 radical (unpaired) electrons. The van der Waals surface area contributed by atoms with Gasteiger partial charge in [-0.05, 0) is 59.9 Å². The number of ether oxygens (including phenoxy) is 2. The van der Waals surface area contributed by atoms with Crippen molar-refractivity contribution in [3.05, 3.63) is 17.5 Å². The summed E-state index contributed by atoms with van der Waals surface area (Å²) < 4.78 is 51.9. The Morgan fingerprint density at radius 2 is 2.03 bits per heavy atom. The van der Waals surface area contributed by atoms with Crippen LogP contribution in [0.3, 0.4) is 0 Å². The van der Waals surface area contributed by atoms with Crippen LogP contribution in [0.5, 0.6) is 0 Å². The van der Waals surface area contributed by atoms with Gasteiger partial charge in [0.2, 0.25) is 0 Å². The van der Waals surface area contributed by atoms with Gasteiger partial charge in [-0.2, -0.15) is 23.4 Å². The summed E-state index contributed by atoms with van der Waals surface area (Å²) in [5, 5.41) is 18.1. The van der Waals surface area contributed by atoms with E-state index in [0.29, 0.717) is 13.0 Å². The number of alkyl carbamates (subject to hydrolysis) is 1. The molecule has 9 nitrogen and oxygen atoms in total. The lowest BCUT2D eigenvalue weighted by molar-refractivity contribution is -0.141. The lowest BCUT2D eigenvalue weighted by atomic mass is 10.1. The van der Waals surface area contributed by atoms with E-state index in [1.807, 2.05) is 0 Å². The number of alkyl halides is 3. The monoisotopic (exact) mass is 460 g/mol. The quantitative estimate of drug-likeness (QED) is 0.424. The zero-order valence-electron chi connectivity index (χ0n) is 19.0. The first-order valence-electron chi connectivity index (χ1n) is 10.3. The van der Waals surface area contributed by atoms with Crippen LogP contribution in [0.4, 0.5) is 18.0 Å². The van der Waals surface area contributed by atoms with Crippen LogP contribution in [0.1, 0.15) is 65.3 Å². The van der Waals surface area contributed by atoms with Gasteiger partial charge in [-0.3, -0.25) is 10.1 Å². The Balaban J connectivity index is 2.29. The largest absolute Gasteiger partial charge is 0.444 e. The highest BCUT2D eigenvalue weighted by atomic mass is 19.4. The molecule has 0 saturated carbocycles. The van der Waals surface area contributed by atoms with E-state index in [2.05, 4.69) is 20.9 Å². The Morgan fingerprint density at radius 1 is 1.34 bits per heavy atom. The first-order valence-corrected chi connectivity index (χ1v) is 10.3. The molecule has 1 amide bonds. The highest BCUT2D eigenvalue weighted by Crippen LogP contribution is 2.29. The topological polar surface area (TPSA) is 114 Å². The zero-order chi connectivity index (χ0) is 24.2. The Hall–Kier alpha value is -2.63. The van der Waals surface area contributed by atoms with E-state index < -0.39 is 29.1 Å². The highest BCUT2D eigenvalue weighted by Gasteiger charge is 2.36. The van der Waals surface area contributed by atoms with E-state index >= 15 is 0 Å². The van der Waals surface area contributed by atoms with Crippen LogP contribution < -0.4 is 10.7 Å². The number of hydrazone groups is 1. The molecule has 1 aromatic heterocycles. The average molecular weight is 461 g/mol. The molecule has 32 heavy (non-hydrogen) atoms. The molecule has 0 bridgehead atoms. The minimum atomic E-state index is -4.68. The van der Waals surface area contributed by atoms with E-state index in [1.54, 1.807) is 34.6 Å². The van der Waals surface area contributed by atoms with Crippen molar-refractivity contribution >= 4 is 18.0 Å². The minimum Gasteiger partial charge on any atom is -0.444 e. The van der Waals surface area contributed by atoms with Gasteiger partial charge in [0.25, 0.3) is 0 Å². The van der Waals surface area contributed by atoms with Crippen molar-refractivity contribution < 1.29 is 27.4 Å². The Morgan fingerprint density at radius 3 is 2.56 bits per heavy atom. The summed E-state index contributed by atoms with van der Waals surface area (Å²) >= 11 is 0. The summed E-state index contributed by atoms with van der Waals surface area (Å²) in [7, 11) is 0. The van der Waals surface area contributed by atoms with Gasteiger partial charge in [0.05, 0.1) is 17.8 Å². The normalized spacial score (nSPS) is 18.2. The fourth-order valence-corrected chi connectivity index (χ4v) is 3.02. The molecule has 1 aliphatic heterocycles. The van der Waals surface area contributed by atoms with Gasteiger partial charge in [-0.1, -0.05) is 0 Å². The maximum absolute atomic E-state index is 13.4. The van der Waals surface area contributed by atoms with Crippen molar-refractivity contribution in [2.24, 2.45) is 5.10 Å². The predicted octanol–water partition coefficient (Wildman–Crippen LogP) is 3.68. The van der Waals surface area contributed by atoms with Crippen molar-refractivity contribution in [3.63, 3.8) is 0 Å². The molecule has 2 heterocycles. The zero-order valence-corrected chi connectivity index (χ0v) is 19.0. The number of nitrogens with zero attached hydrogens (tertiary/aromatic N) is 3. The summed E-state index contributed by atoms with van der Waals surface area (Å²) in [6.45, 7) is 8.82. The predicted molar refractivity (Wildman–Crippen MR) is 113 cm³/mol. The number of aromatic nitrogens is 2. The number of amides is 1. The number of hydrogen-bond acceptors (Lipinski definition) is 7. The number of carbonyl (C=O) groups is 1. The third-order valence-corrected chi connectivity index (χ3v) is 4.36. The Labute approximate surface area is 185 Å². The van der Waals surface area contributed by atoms with Gasteiger partial charge in [0.1, 0.15) is 17.5 Å². The van der Waals surface area contributed by atoms with Crippen molar-refractivity contribution in [2.75, 3.05) is 6.61 Å². The second kappa shape index (κ2) is 9.88. The van der Waals surface area contributed by atoms with E-state index in [1.165, 1.54) is 0 Å². The molecule has 1 aromatic rings. The van der Waals surface area contributed by atoms with E-state index in [-0.39, 0.29) is 24.2 Å². The molecule has 0 aliphatic carbocycles. The summed E-state index contributed by atoms with van der Waals surface area (Å²) in [6.07, 6.45) is -2.34. The molecule has 1 atom stereocenters. The van der Waals surface area contributed by atoms with Crippen LogP contribution in [0.2, 0.25) is 0 Å². The minimum absolute atomic E-state index is 0.0188. The molecule has 1 fully saturated rings. The number of nitrogens with one attached hydrogen (secondary N) is 3. The van der Waals surface area contributed by atoms with Crippen molar-refractivity contribution in [2.45, 2.75) is 84.0 Å². The summed E-state index contributed by atoms with van der Waals surface area (Å²) in [5.74, 6) is 0. The van der Waals surface area contributed by atoms with E-state index in [0.717, 1.165) is 29.8 Å². The maximum Gasteiger partial charge on any atom is 0.435 e. The van der Waals surface area contributed by atoms with Gasteiger partial charge < -0.3 is 20.2 Å². The molecule has 12 heteroatoms. The van der Waals surface area contributed by atoms with Crippen LogP contribution in [-0.2, 0) is 22.2 Å². The fourth-order valence-electron chi connectivity index (χ4n) is 3.02. The van der Waals surface area contributed by atoms with Crippen LogP contribution in [0.25, 0.3) is 0 Å². The summed E-state index contributed by atoms with van der Waals surface area (Å²) in [6, 6.07) is 0.830. The molecular formula is C20H31F3N6O3. The molecule has 0 aromatic carbocycles. The van der Waals surface area contributed by atoms with Gasteiger partial charge in [0, 0.05) is 12.8 Å². The first-order chi connectivity index (χ1) is 14.7. The van der Waals surface area contributed by atoms with Crippen LogP contribution in [0, 0.1) is 5.41 Å². The molecule has 2 rings (SSSR count). The fraction of sp³-hybridized carbons (Fsp3) is 0.700. The summed E-state index contributed by atoms with van der Waals surface area (Å²) in [5.41, 5.74) is -0.160. The van der Waals surface area contributed by atoms with Gasteiger partial charge in [-0.25, -0.2) is 4.79 Å². The lowest BCUT2D eigenvalue weighted by Crippen LogP contribution is -2.49. The van der Waals surface area contributed by atoms with Crippen molar-refractivity contribution in [1.82, 2.24) is 20.5 Å². The summed E-state index contributed by atoms with van der Waals surface area (Å²) in [4.78, 5) is 12.2. The second-order valence-electron chi connectivity index (χ2n) is 9.21. The van der Waals surface area contributed by atoms with Gasteiger partial charge in [0.15, 0.2) is 5.69 Å². The molecule has 180 valence electrons. The van der Waals surface area contributed by atoms with Gasteiger partial charge >= 0.3 is 12.3 Å².